The van der Waals surface area contributed by atoms with Gasteiger partial charge in [0.1, 0.15) is 6.54 Å². The number of amides is 1. The van der Waals surface area contributed by atoms with E-state index in [-0.39, 0.29) is 11.6 Å². The van der Waals surface area contributed by atoms with Crippen molar-refractivity contribution < 1.29 is 14.6 Å². The first-order chi connectivity index (χ1) is 11.1. The Labute approximate surface area is 134 Å². The number of nitrogens with zero attached hydrogens (tertiary/aromatic N) is 1. The van der Waals surface area contributed by atoms with Gasteiger partial charge in [0.15, 0.2) is 6.54 Å². The molecule has 120 valence electrons. The Morgan fingerprint density at radius 2 is 1.78 bits per heavy atom. The van der Waals surface area contributed by atoms with Crippen LogP contribution in [0.1, 0.15) is 12.5 Å². The summed E-state index contributed by atoms with van der Waals surface area (Å²) >= 11 is 0. The Bertz CT molecular complexity index is 657. The quantitative estimate of drug-likeness (QED) is 0.602. The zero-order valence-corrected chi connectivity index (χ0v) is 13.0. The largest absolute Gasteiger partial charge is 0.324 e. The van der Waals surface area contributed by atoms with Crippen LogP contribution in [-0.4, -0.2) is 23.9 Å². The number of rotatable bonds is 7. The summed E-state index contributed by atoms with van der Waals surface area (Å²) < 4.78 is 0. The number of non-ortho nitro benzene ring substituents is 1. The number of hydrogen-bond donors (Lipinski definition) is 2. The van der Waals surface area contributed by atoms with E-state index in [1.54, 1.807) is 12.1 Å². The molecule has 0 radical (unpaired) electrons. The predicted molar refractivity (Wildman–Crippen MR) is 88.2 cm³/mol. The minimum atomic E-state index is -0.464. The lowest BCUT2D eigenvalue weighted by molar-refractivity contribution is -0.903. The fraction of sp³-hybridized carbons (Fsp3) is 0.235. The highest BCUT2D eigenvalue weighted by Gasteiger charge is 2.14. The number of hydrogen-bond acceptors (Lipinski definition) is 3. The van der Waals surface area contributed by atoms with Crippen LogP contribution in [0.2, 0.25) is 0 Å². The van der Waals surface area contributed by atoms with Gasteiger partial charge >= 0.3 is 0 Å². The lowest BCUT2D eigenvalue weighted by Crippen LogP contribution is -3.11. The van der Waals surface area contributed by atoms with Gasteiger partial charge in [0.05, 0.1) is 11.5 Å². The van der Waals surface area contributed by atoms with Crippen molar-refractivity contribution in [2.24, 2.45) is 0 Å². The summed E-state index contributed by atoms with van der Waals surface area (Å²) in [6, 6.07) is 15.9. The Morgan fingerprint density at radius 1 is 1.13 bits per heavy atom. The van der Waals surface area contributed by atoms with Gasteiger partial charge in [-0.05, 0) is 19.1 Å². The maximum absolute atomic E-state index is 12.1. The van der Waals surface area contributed by atoms with E-state index in [0.29, 0.717) is 12.2 Å². The normalized spacial score (nSPS) is 11.7. The first-order valence-electron chi connectivity index (χ1n) is 7.50. The number of carbonyl (C=O) groups is 1. The topological polar surface area (TPSA) is 76.7 Å². The van der Waals surface area contributed by atoms with Gasteiger partial charge in [-0.3, -0.25) is 14.9 Å². The molecule has 1 amide bonds. The van der Waals surface area contributed by atoms with Crippen molar-refractivity contribution in [2.45, 2.75) is 13.5 Å². The van der Waals surface area contributed by atoms with Crippen molar-refractivity contribution in [2.75, 3.05) is 18.4 Å². The van der Waals surface area contributed by atoms with E-state index < -0.39 is 4.92 Å². The minimum absolute atomic E-state index is 0.00730. The molecule has 6 nitrogen and oxygen atoms in total. The highest BCUT2D eigenvalue weighted by Crippen LogP contribution is 2.14. The number of quaternary nitrogens is 1. The SMILES string of the molecule is CC[NH+](CC(=O)Nc1ccc([N+](=O)[O-])cc1)Cc1ccccc1. The second-order valence-electron chi connectivity index (χ2n) is 5.29. The molecular formula is C17H20N3O3+. The molecule has 2 N–H and O–H groups in total. The second-order valence-corrected chi connectivity index (χ2v) is 5.29. The standard InChI is InChI=1S/C17H19N3O3/c1-2-19(12-14-6-4-3-5-7-14)13-17(21)18-15-8-10-16(11-9-15)20(22)23/h3-11H,2,12-13H2,1H3,(H,18,21)/p+1. The molecule has 1 atom stereocenters. The van der Waals surface area contributed by atoms with Gasteiger partial charge in [0.25, 0.3) is 11.6 Å². The van der Waals surface area contributed by atoms with Crippen molar-refractivity contribution in [1.29, 1.82) is 0 Å². The Morgan fingerprint density at radius 3 is 2.35 bits per heavy atom. The van der Waals surface area contributed by atoms with Crippen molar-refractivity contribution >= 4 is 17.3 Å². The van der Waals surface area contributed by atoms with Gasteiger partial charge in [0, 0.05) is 23.4 Å². The molecule has 0 aliphatic heterocycles. The maximum Gasteiger partial charge on any atom is 0.279 e. The third kappa shape index (κ3) is 5.19. The van der Waals surface area contributed by atoms with Crippen LogP contribution in [0.25, 0.3) is 0 Å². The molecule has 23 heavy (non-hydrogen) atoms. The summed E-state index contributed by atoms with van der Waals surface area (Å²) in [6.07, 6.45) is 0. The van der Waals surface area contributed by atoms with Gasteiger partial charge in [-0.1, -0.05) is 30.3 Å². The molecular weight excluding hydrogens is 294 g/mol. The van der Waals surface area contributed by atoms with Gasteiger partial charge in [-0.2, -0.15) is 0 Å². The minimum Gasteiger partial charge on any atom is -0.324 e. The summed E-state index contributed by atoms with van der Waals surface area (Å²) in [5.41, 5.74) is 1.76. The zero-order valence-electron chi connectivity index (χ0n) is 13.0. The van der Waals surface area contributed by atoms with Crippen molar-refractivity contribution in [3.05, 3.63) is 70.3 Å². The van der Waals surface area contributed by atoms with Gasteiger partial charge < -0.3 is 10.2 Å². The van der Waals surface area contributed by atoms with E-state index >= 15 is 0 Å². The van der Waals surface area contributed by atoms with Crippen LogP contribution < -0.4 is 10.2 Å². The fourth-order valence-electron chi connectivity index (χ4n) is 2.30. The number of likely N-dealkylation sites (N-methyl/N-ethyl adjacent to an activating group) is 1. The predicted octanol–water partition coefficient (Wildman–Crippen LogP) is 1.64. The molecule has 0 saturated heterocycles. The lowest BCUT2D eigenvalue weighted by Gasteiger charge is -2.17. The summed E-state index contributed by atoms with van der Waals surface area (Å²) in [6.45, 7) is 4.01. The zero-order chi connectivity index (χ0) is 16.7. The number of nitrogens with one attached hydrogen (secondary N) is 2. The van der Waals surface area contributed by atoms with Gasteiger partial charge in [0.2, 0.25) is 0 Å². The van der Waals surface area contributed by atoms with Crippen molar-refractivity contribution in [3.8, 4) is 0 Å². The molecule has 0 fully saturated rings. The monoisotopic (exact) mass is 314 g/mol. The highest BCUT2D eigenvalue weighted by atomic mass is 16.6. The van der Waals surface area contributed by atoms with Crippen LogP contribution in [0.4, 0.5) is 11.4 Å². The summed E-state index contributed by atoms with van der Waals surface area (Å²) in [5, 5.41) is 13.4. The van der Waals surface area contributed by atoms with Crippen molar-refractivity contribution in [3.63, 3.8) is 0 Å². The molecule has 6 heteroatoms. The Balaban J connectivity index is 1.90. The van der Waals surface area contributed by atoms with Crippen molar-refractivity contribution in [1.82, 2.24) is 0 Å². The third-order valence-corrected chi connectivity index (χ3v) is 3.57. The van der Waals surface area contributed by atoms with E-state index in [1.165, 1.54) is 17.7 Å². The van der Waals surface area contributed by atoms with E-state index in [2.05, 4.69) is 5.32 Å². The first-order valence-corrected chi connectivity index (χ1v) is 7.50. The average molecular weight is 314 g/mol. The van der Waals surface area contributed by atoms with E-state index in [0.717, 1.165) is 18.0 Å². The molecule has 0 aliphatic rings. The molecule has 2 rings (SSSR count). The summed E-state index contributed by atoms with van der Waals surface area (Å²) in [7, 11) is 0. The lowest BCUT2D eigenvalue weighted by atomic mass is 10.2. The number of anilines is 1. The van der Waals surface area contributed by atoms with E-state index in [1.807, 2.05) is 37.3 Å². The molecule has 0 aliphatic carbocycles. The van der Waals surface area contributed by atoms with Gasteiger partial charge in [-0.15, -0.1) is 0 Å². The van der Waals surface area contributed by atoms with Gasteiger partial charge in [-0.25, -0.2) is 0 Å². The average Bonchev–Trinajstić information content (AvgIpc) is 2.55. The number of nitro groups is 1. The molecule has 0 spiro atoms. The number of carbonyl (C=O) groups excluding carboxylic acids is 1. The Kier molecular flexibility index (Phi) is 5.82. The van der Waals surface area contributed by atoms with Crippen LogP contribution in [0, 0.1) is 10.1 Å². The molecule has 0 bridgehead atoms. The Hall–Kier alpha value is -2.73. The summed E-state index contributed by atoms with van der Waals surface area (Å²) in [5.74, 6) is -0.105. The molecule has 0 saturated carbocycles. The van der Waals surface area contributed by atoms with Crippen LogP contribution in [-0.2, 0) is 11.3 Å². The number of nitro benzene ring substituents is 1. The molecule has 1 unspecified atom stereocenters. The molecule has 0 heterocycles. The smallest absolute Gasteiger partial charge is 0.279 e. The van der Waals surface area contributed by atoms with Crippen LogP contribution in [0.15, 0.2) is 54.6 Å². The maximum atomic E-state index is 12.1. The number of benzene rings is 2. The van der Waals surface area contributed by atoms with E-state index in [4.69, 9.17) is 0 Å². The highest BCUT2D eigenvalue weighted by molar-refractivity contribution is 5.91. The third-order valence-electron chi connectivity index (χ3n) is 3.57. The molecule has 0 aromatic heterocycles. The van der Waals surface area contributed by atoms with Crippen LogP contribution in [0.3, 0.4) is 0 Å². The molecule has 2 aromatic rings. The second kappa shape index (κ2) is 8.05. The van der Waals surface area contributed by atoms with Crippen LogP contribution >= 0.6 is 0 Å². The van der Waals surface area contributed by atoms with E-state index in [9.17, 15) is 14.9 Å². The fourth-order valence-corrected chi connectivity index (χ4v) is 2.30. The van der Waals surface area contributed by atoms with Crippen LogP contribution in [0.5, 0.6) is 0 Å². The first kappa shape index (κ1) is 16.6. The molecule has 2 aromatic carbocycles. The summed E-state index contributed by atoms with van der Waals surface area (Å²) in [4.78, 5) is 23.4.